The Labute approximate surface area is 73.0 Å². The van der Waals surface area contributed by atoms with Crippen LogP contribution in [0.1, 0.15) is 19.8 Å². The maximum Gasteiger partial charge on any atom is 0.264 e. The SMILES string of the molecule is CCCC1OC1COS(C)(=O)=O. The molecule has 5 heteroatoms. The summed E-state index contributed by atoms with van der Waals surface area (Å²) in [5.74, 6) is 0. The van der Waals surface area contributed by atoms with Gasteiger partial charge in [0.05, 0.1) is 19.0 Å². The maximum atomic E-state index is 10.6. The smallest absolute Gasteiger partial charge is 0.264 e. The van der Waals surface area contributed by atoms with Crippen molar-refractivity contribution in [2.75, 3.05) is 12.9 Å². The third-order valence-corrected chi connectivity index (χ3v) is 2.27. The topological polar surface area (TPSA) is 55.9 Å². The summed E-state index contributed by atoms with van der Waals surface area (Å²) in [5, 5.41) is 0. The molecule has 1 saturated heterocycles. The second-order valence-corrected chi connectivity index (χ2v) is 4.63. The van der Waals surface area contributed by atoms with Gasteiger partial charge in [0.15, 0.2) is 0 Å². The molecule has 0 aromatic rings. The zero-order valence-corrected chi connectivity index (χ0v) is 8.13. The molecule has 0 bridgehead atoms. The van der Waals surface area contributed by atoms with E-state index in [0.717, 1.165) is 19.1 Å². The molecule has 4 nitrogen and oxygen atoms in total. The van der Waals surface area contributed by atoms with Crippen molar-refractivity contribution < 1.29 is 17.3 Å². The summed E-state index contributed by atoms with van der Waals surface area (Å²) < 4.78 is 30.8. The van der Waals surface area contributed by atoms with E-state index in [2.05, 4.69) is 11.1 Å². The zero-order valence-electron chi connectivity index (χ0n) is 7.32. The van der Waals surface area contributed by atoms with Gasteiger partial charge in [0.25, 0.3) is 10.1 Å². The van der Waals surface area contributed by atoms with E-state index in [1.807, 2.05) is 0 Å². The summed E-state index contributed by atoms with van der Waals surface area (Å²) in [6, 6.07) is 0. The zero-order chi connectivity index (χ0) is 9.19. The molecule has 0 saturated carbocycles. The van der Waals surface area contributed by atoms with Crippen LogP contribution in [0.15, 0.2) is 0 Å². The van der Waals surface area contributed by atoms with Gasteiger partial charge in [0.1, 0.15) is 6.10 Å². The summed E-state index contributed by atoms with van der Waals surface area (Å²) in [6.07, 6.45) is 3.30. The standard InChI is InChI=1S/C7H14O4S/c1-3-4-6-7(11-6)5-10-12(2,8)9/h6-7H,3-5H2,1-2H3. The van der Waals surface area contributed by atoms with E-state index >= 15 is 0 Å². The summed E-state index contributed by atoms with van der Waals surface area (Å²) in [6.45, 7) is 2.24. The van der Waals surface area contributed by atoms with Crippen molar-refractivity contribution in [3.63, 3.8) is 0 Å². The molecule has 1 aliphatic heterocycles. The van der Waals surface area contributed by atoms with Crippen molar-refractivity contribution in [2.45, 2.75) is 32.0 Å². The first-order valence-electron chi connectivity index (χ1n) is 4.03. The van der Waals surface area contributed by atoms with Gasteiger partial charge in [-0.3, -0.25) is 4.18 Å². The van der Waals surface area contributed by atoms with Crippen molar-refractivity contribution >= 4 is 10.1 Å². The molecule has 1 fully saturated rings. The molecule has 2 atom stereocenters. The Morgan fingerprint density at radius 3 is 2.58 bits per heavy atom. The molecule has 0 aromatic heterocycles. The maximum absolute atomic E-state index is 10.6. The first kappa shape index (κ1) is 9.95. The van der Waals surface area contributed by atoms with E-state index in [9.17, 15) is 8.42 Å². The Hall–Kier alpha value is -0.130. The molecule has 1 rings (SSSR count). The molecule has 0 amide bonds. The Morgan fingerprint density at radius 1 is 1.42 bits per heavy atom. The minimum Gasteiger partial charge on any atom is -0.367 e. The molecular formula is C7H14O4S. The molecule has 1 aliphatic rings. The second kappa shape index (κ2) is 3.72. The van der Waals surface area contributed by atoms with E-state index in [-0.39, 0.29) is 18.8 Å². The Kier molecular flexibility index (Phi) is 3.09. The van der Waals surface area contributed by atoms with Gasteiger partial charge in [0, 0.05) is 0 Å². The second-order valence-electron chi connectivity index (χ2n) is 2.99. The van der Waals surface area contributed by atoms with Crippen LogP contribution in [0, 0.1) is 0 Å². The van der Waals surface area contributed by atoms with Gasteiger partial charge in [-0.15, -0.1) is 0 Å². The lowest BCUT2D eigenvalue weighted by Crippen LogP contribution is -2.10. The highest BCUT2D eigenvalue weighted by Crippen LogP contribution is 2.26. The third-order valence-electron chi connectivity index (χ3n) is 1.71. The molecule has 0 spiro atoms. The van der Waals surface area contributed by atoms with Gasteiger partial charge < -0.3 is 4.74 Å². The van der Waals surface area contributed by atoms with Crippen molar-refractivity contribution in [1.82, 2.24) is 0 Å². The van der Waals surface area contributed by atoms with E-state index in [0.29, 0.717) is 0 Å². The first-order valence-corrected chi connectivity index (χ1v) is 5.84. The fourth-order valence-corrected chi connectivity index (χ4v) is 1.44. The Bertz CT molecular complexity index is 234. The van der Waals surface area contributed by atoms with Crippen molar-refractivity contribution in [1.29, 1.82) is 0 Å². The van der Waals surface area contributed by atoms with Crippen molar-refractivity contribution in [2.24, 2.45) is 0 Å². The van der Waals surface area contributed by atoms with E-state index in [1.165, 1.54) is 0 Å². The minimum absolute atomic E-state index is 0.000301. The predicted octanol–water partition coefficient (Wildman–Crippen LogP) is 0.530. The van der Waals surface area contributed by atoms with Crippen LogP contribution in [-0.2, 0) is 19.0 Å². The molecule has 0 aromatic carbocycles. The molecule has 12 heavy (non-hydrogen) atoms. The number of ether oxygens (including phenoxy) is 1. The molecule has 72 valence electrons. The van der Waals surface area contributed by atoms with Crippen LogP contribution < -0.4 is 0 Å². The summed E-state index contributed by atoms with van der Waals surface area (Å²) in [4.78, 5) is 0. The summed E-state index contributed by atoms with van der Waals surface area (Å²) in [7, 11) is -3.30. The number of hydrogen-bond acceptors (Lipinski definition) is 4. The van der Waals surface area contributed by atoms with Crippen LogP contribution in [0.3, 0.4) is 0 Å². The van der Waals surface area contributed by atoms with E-state index in [4.69, 9.17) is 4.74 Å². The molecular weight excluding hydrogens is 180 g/mol. The molecule has 0 radical (unpaired) electrons. The number of hydrogen-bond donors (Lipinski definition) is 0. The molecule has 0 N–H and O–H groups in total. The van der Waals surface area contributed by atoms with Crippen LogP contribution in [0.25, 0.3) is 0 Å². The summed E-state index contributed by atoms with van der Waals surface area (Å²) >= 11 is 0. The highest BCUT2D eigenvalue weighted by atomic mass is 32.2. The normalized spacial score (nSPS) is 28.8. The lowest BCUT2D eigenvalue weighted by atomic mass is 10.2. The molecule has 2 unspecified atom stereocenters. The van der Waals surface area contributed by atoms with Gasteiger partial charge in [-0.25, -0.2) is 0 Å². The Balaban J connectivity index is 2.12. The van der Waals surface area contributed by atoms with Crippen LogP contribution in [0.2, 0.25) is 0 Å². The van der Waals surface area contributed by atoms with Gasteiger partial charge in [0.2, 0.25) is 0 Å². The average Bonchev–Trinajstić information content (AvgIpc) is 2.63. The average molecular weight is 194 g/mol. The summed E-state index contributed by atoms with van der Waals surface area (Å²) in [5.41, 5.74) is 0. The molecule has 1 heterocycles. The van der Waals surface area contributed by atoms with Crippen LogP contribution in [0.4, 0.5) is 0 Å². The lowest BCUT2D eigenvalue weighted by Gasteiger charge is -1.95. The van der Waals surface area contributed by atoms with Crippen molar-refractivity contribution in [3.05, 3.63) is 0 Å². The minimum atomic E-state index is -3.30. The van der Waals surface area contributed by atoms with Crippen LogP contribution in [0.5, 0.6) is 0 Å². The lowest BCUT2D eigenvalue weighted by molar-refractivity contribution is 0.265. The fraction of sp³-hybridized carbons (Fsp3) is 1.00. The predicted molar refractivity (Wildman–Crippen MR) is 44.4 cm³/mol. The van der Waals surface area contributed by atoms with Gasteiger partial charge in [-0.2, -0.15) is 8.42 Å². The number of rotatable bonds is 5. The van der Waals surface area contributed by atoms with E-state index in [1.54, 1.807) is 0 Å². The first-order chi connectivity index (χ1) is 5.53. The van der Waals surface area contributed by atoms with Gasteiger partial charge >= 0.3 is 0 Å². The van der Waals surface area contributed by atoms with Gasteiger partial charge in [-0.1, -0.05) is 13.3 Å². The largest absolute Gasteiger partial charge is 0.367 e. The third kappa shape index (κ3) is 3.51. The van der Waals surface area contributed by atoms with E-state index < -0.39 is 10.1 Å². The Morgan fingerprint density at radius 2 is 2.08 bits per heavy atom. The monoisotopic (exact) mass is 194 g/mol. The highest BCUT2D eigenvalue weighted by Gasteiger charge is 2.38. The van der Waals surface area contributed by atoms with Crippen LogP contribution in [-0.4, -0.2) is 33.5 Å². The van der Waals surface area contributed by atoms with Crippen LogP contribution >= 0.6 is 0 Å². The van der Waals surface area contributed by atoms with Gasteiger partial charge in [-0.05, 0) is 6.42 Å². The fourth-order valence-electron chi connectivity index (χ4n) is 1.05. The highest BCUT2D eigenvalue weighted by molar-refractivity contribution is 7.85. The van der Waals surface area contributed by atoms with Crippen molar-refractivity contribution in [3.8, 4) is 0 Å². The quantitative estimate of drug-likeness (QED) is 0.473. The molecule has 0 aliphatic carbocycles. The number of epoxide rings is 1.